The third-order valence-corrected chi connectivity index (χ3v) is 5.79. The second-order valence-corrected chi connectivity index (χ2v) is 7.86. The fraction of sp³-hybridized carbons (Fsp3) is 0.455. The van der Waals surface area contributed by atoms with E-state index in [4.69, 9.17) is 4.74 Å². The third kappa shape index (κ3) is 3.54. The van der Waals surface area contributed by atoms with Crippen LogP contribution in [0.5, 0.6) is 0 Å². The van der Waals surface area contributed by atoms with Crippen molar-refractivity contribution in [2.24, 2.45) is 0 Å². The average molecular weight is 355 g/mol. The van der Waals surface area contributed by atoms with Gasteiger partial charge in [0, 0.05) is 25.0 Å². The lowest BCUT2D eigenvalue weighted by molar-refractivity contribution is -0.145. The lowest BCUT2D eigenvalue weighted by Gasteiger charge is -2.52. The molecular weight excluding hydrogens is 329 g/mol. The molecule has 138 valence electrons. The molecule has 2 aromatic rings. The second kappa shape index (κ2) is 7.10. The molecule has 0 amide bonds. The van der Waals surface area contributed by atoms with E-state index in [1.165, 1.54) is 5.56 Å². The van der Waals surface area contributed by atoms with Gasteiger partial charge in [-0.3, -0.25) is 4.90 Å². The number of benzene rings is 2. The molecule has 2 atom stereocenters. The molecule has 0 spiro atoms. The van der Waals surface area contributed by atoms with Gasteiger partial charge in [-0.05, 0) is 36.5 Å². The summed E-state index contributed by atoms with van der Waals surface area (Å²) in [6.07, 6.45) is 1.60. The Morgan fingerprint density at radius 2 is 1.77 bits per heavy atom. The molecule has 2 heterocycles. The quantitative estimate of drug-likeness (QED) is 0.912. The molecule has 0 saturated carbocycles. The van der Waals surface area contributed by atoms with Gasteiger partial charge < -0.3 is 9.84 Å². The minimum atomic E-state index is -0.874. The van der Waals surface area contributed by atoms with Crippen LogP contribution in [0, 0.1) is 12.7 Å². The van der Waals surface area contributed by atoms with E-state index in [1.807, 2.05) is 12.1 Å². The van der Waals surface area contributed by atoms with E-state index in [2.05, 4.69) is 29.2 Å². The number of piperidine rings is 1. The minimum Gasteiger partial charge on any atom is -0.389 e. The second-order valence-electron chi connectivity index (χ2n) is 7.86. The Morgan fingerprint density at radius 1 is 1.08 bits per heavy atom. The summed E-state index contributed by atoms with van der Waals surface area (Å²) >= 11 is 0. The molecule has 0 aliphatic carbocycles. The Hall–Kier alpha value is -1.75. The summed E-state index contributed by atoms with van der Waals surface area (Å²) in [7, 11) is 0. The summed E-state index contributed by atoms with van der Waals surface area (Å²) in [5, 5.41) is 11.3. The highest BCUT2D eigenvalue weighted by Crippen LogP contribution is 2.38. The molecule has 2 aromatic carbocycles. The summed E-state index contributed by atoms with van der Waals surface area (Å²) in [4.78, 5) is 2.46. The topological polar surface area (TPSA) is 32.7 Å². The van der Waals surface area contributed by atoms with Gasteiger partial charge in [0.2, 0.25) is 0 Å². The molecule has 1 N–H and O–H groups in total. The molecule has 4 rings (SSSR count). The van der Waals surface area contributed by atoms with Gasteiger partial charge in [-0.1, -0.05) is 48.5 Å². The Labute approximate surface area is 154 Å². The van der Waals surface area contributed by atoms with E-state index in [9.17, 15) is 9.50 Å². The van der Waals surface area contributed by atoms with Crippen LogP contribution in [0.25, 0.3) is 0 Å². The molecule has 0 aromatic heterocycles. The number of morpholine rings is 1. The number of aryl methyl sites for hydroxylation is 1. The van der Waals surface area contributed by atoms with Gasteiger partial charge in [-0.15, -0.1) is 0 Å². The highest BCUT2D eigenvalue weighted by Gasteiger charge is 2.46. The number of fused-ring (bicyclic) bond motifs is 2. The van der Waals surface area contributed by atoms with Crippen LogP contribution >= 0.6 is 0 Å². The average Bonchev–Trinajstić information content (AvgIpc) is 2.61. The summed E-state index contributed by atoms with van der Waals surface area (Å²) in [5.74, 6) is -0.186. The molecule has 2 aliphatic rings. The zero-order valence-corrected chi connectivity index (χ0v) is 15.2. The zero-order chi connectivity index (χ0) is 18.1. The first kappa shape index (κ1) is 17.7. The van der Waals surface area contributed by atoms with Crippen LogP contribution in [0.4, 0.5) is 4.39 Å². The molecule has 4 heteroatoms. The van der Waals surface area contributed by atoms with Crippen LogP contribution in [-0.4, -0.2) is 40.9 Å². The van der Waals surface area contributed by atoms with E-state index in [0.29, 0.717) is 43.6 Å². The number of ether oxygens (including phenoxy) is 1. The molecular formula is C22H26FNO2. The van der Waals surface area contributed by atoms with Gasteiger partial charge in [0.1, 0.15) is 5.82 Å². The number of hydrogen-bond donors (Lipinski definition) is 1. The summed E-state index contributed by atoms with van der Waals surface area (Å²) in [6.45, 7) is 3.90. The largest absolute Gasteiger partial charge is 0.389 e. The Kier molecular flexibility index (Phi) is 4.82. The molecule has 2 bridgehead atoms. The van der Waals surface area contributed by atoms with Crippen molar-refractivity contribution in [3.63, 3.8) is 0 Å². The third-order valence-electron chi connectivity index (χ3n) is 5.79. The maximum atomic E-state index is 14.4. The predicted molar refractivity (Wildman–Crippen MR) is 99.4 cm³/mol. The standard InChI is InChI=1S/C22H26FNO2/c1-16-6-5-9-18(21(16)23)10-22(25)11-19-14-26-15-20(12-22)24(19)13-17-7-3-2-4-8-17/h2-9,19-20,25H,10-15H2,1H3. The van der Waals surface area contributed by atoms with Gasteiger partial charge in [-0.2, -0.15) is 0 Å². The lowest BCUT2D eigenvalue weighted by atomic mass is 9.77. The van der Waals surface area contributed by atoms with Crippen molar-refractivity contribution in [1.82, 2.24) is 4.90 Å². The summed E-state index contributed by atoms with van der Waals surface area (Å²) in [6, 6.07) is 16.2. The van der Waals surface area contributed by atoms with E-state index in [-0.39, 0.29) is 17.9 Å². The first-order valence-electron chi connectivity index (χ1n) is 9.38. The van der Waals surface area contributed by atoms with Crippen LogP contribution in [0.15, 0.2) is 48.5 Å². The monoisotopic (exact) mass is 355 g/mol. The lowest BCUT2D eigenvalue weighted by Crippen LogP contribution is -2.61. The van der Waals surface area contributed by atoms with E-state index >= 15 is 0 Å². The Bertz CT molecular complexity index is 750. The Balaban J connectivity index is 1.52. The highest BCUT2D eigenvalue weighted by molar-refractivity contribution is 5.27. The fourth-order valence-corrected chi connectivity index (χ4v) is 4.54. The smallest absolute Gasteiger partial charge is 0.129 e. The Morgan fingerprint density at radius 3 is 2.46 bits per heavy atom. The van der Waals surface area contributed by atoms with Gasteiger partial charge in [0.25, 0.3) is 0 Å². The highest BCUT2D eigenvalue weighted by atomic mass is 19.1. The van der Waals surface area contributed by atoms with Crippen LogP contribution in [0.3, 0.4) is 0 Å². The van der Waals surface area contributed by atoms with Gasteiger partial charge in [-0.25, -0.2) is 4.39 Å². The zero-order valence-electron chi connectivity index (χ0n) is 15.2. The van der Waals surface area contributed by atoms with Gasteiger partial charge in [0.05, 0.1) is 18.8 Å². The number of rotatable bonds is 4. The fourth-order valence-electron chi connectivity index (χ4n) is 4.54. The van der Waals surface area contributed by atoms with Crippen molar-refractivity contribution in [3.05, 3.63) is 71.0 Å². The molecule has 2 saturated heterocycles. The molecule has 2 unspecified atom stereocenters. The maximum absolute atomic E-state index is 14.4. The van der Waals surface area contributed by atoms with Crippen molar-refractivity contribution < 1.29 is 14.2 Å². The molecule has 2 aliphatic heterocycles. The van der Waals surface area contributed by atoms with Crippen LogP contribution < -0.4 is 0 Å². The maximum Gasteiger partial charge on any atom is 0.129 e. The van der Waals surface area contributed by atoms with Crippen molar-refractivity contribution in [3.8, 4) is 0 Å². The molecule has 0 radical (unpaired) electrons. The van der Waals surface area contributed by atoms with Crippen LogP contribution in [0.1, 0.15) is 29.5 Å². The van der Waals surface area contributed by atoms with E-state index in [0.717, 1.165) is 6.54 Å². The van der Waals surface area contributed by atoms with Crippen LogP contribution in [-0.2, 0) is 17.7 Å². The van der Waals surface area contributed by atoms with Gasteiger partial charge in [0.15, 0.2) is 0 Å². The van der Waals surface area contributed by atoms with Gasteiger partial charge >= 0.3 is 0 Å². The van der Waals surface area contributed by atoms with Crippen molar-refractivity contribution in [1.29, 1.82) is 0 Å². The number of aliphatic hydroxyl groups is 1. The SMILES string of the molecule is Cc1cccc(CC2(O)CC3COCC(C2)N3Cc2ccccc2)c1F. The predicted octanol–water partition coefficient (Wildman–Crippen LogP) is 3.47. The number of hydrogen-bond acceptors (Lipinski definition) is 3. The number of halogens is 1. The molecule has 2 fully saturated rings. The summed E-state index contributed by atoms with van der Waals surface area (Å²) in [5.41, 5.74) is 1.65. The minimum absolute atomic E-state index is 0.167. The first-order chi connectivity index (χ1) is 12.5. The normalized spacial score (nSPS) is 28.9. The van der Waals surface area contributed by atoms with E-state index in [1.54, 1.807) is 19.1 Å². The van der Waals surface area contributed by atoms with Crippen LogP contribution in [0.2, 0.25) is 0 Å². The molecule has 3 nitrogen and oxygen atoms in total. The van der Waals surface area contributed by atoms with E-state index < -0.39 is 5.60 Å². The molecule has 26 heavy (non-hydrogen) atoms. The summed E-state index contributed by atoms with van der Waals surface area (Å²) < 4.78 is 20.2. The number of nitrogens with zero attached hydrogens (tertiary/aromatic N) is 1. The van der Waals surface area contributed by atoms with Crippen molar-refractivity contribution >= 4 is 0 Å². The first-order valence-corrected chi connectivity index (χ1v) is 9.38. The van der Waals surface area contributed by atoms with Crippen molar-refractivity contribution in [2.75, 3.05) is 13.2 Å². The van der Waals surface area contributed by atoms with Crippen molar-refractivity contribution in [2.45, 2.75) is 50.4 Å².